The average Bonchev–Trinajstić information content (AvgIpc) is 2.67. The van der Waals surface area contributed by atoms with Crippen LogP contribution in [0.1, 0.15) is 17.9 Å². The highest BCUT2D eigenvalue weighted by Crippen LogP contribution is 2.36. The van der Waals surface area contributed by atoms with Crippen molar-refractivity contribution in [3.05, 3.63) is 60.2 Å². The fourth-order valence-corrected chi connectivity index (χ4v) is 3.79. The van der Waals surface area contributed by atoms with Crippen LogP contribution in [0.3, 0.4) is 0 Å². The molecule has 0 radical (unpaired) electrons. The van der Waals surface area contributed by atoms with Gasteiger partial charge in [0.15, 0.2) is 0 Å². The number of phenols is 1. The molecular weight excluding hydrogens is 362 g/mol. The number of carbonyl (C=O) groups is 2. The van der Waals surface area contributed by atoms with E-state index in [-0.39, 0.29) is 35.7 Å². The van der Waals surface area contributed by atoms with Gasteiger partial charge in [-0.15, -0.1) is 0 Å². The van der Waals surface area contributed by atoms with Crippen LogP contribution >= 0.6 is 11.8 Å². The van der Waals surface area contributed by atoms with Crippen LogP contribution in [0.2, 0.25) is 0 Å². The first-order valence-corrected chi connectivity index (χ1v) is 9.33. The van der Waals surface area contributed by atoms with E-state index in [2.05, 4.69) is 16.4 Å². The highest BCUT2D eigenvalue weighted by molar-refractivity contribution is 8.14. The van der Waals surface area contributed by atoms with Gasteiger partial charge in [0, 0.05) is 18.0 Å². The molecule has 2 aromatic rings. The zero-order valence-electron chi connectivity index (χ0n) is 14.3. The van der Waals surface area contributed by atoms with Crippen LogP contribution in [0.5, 0.6) is 5.75 Å². The molecule has 2 aromatic carbocycles. The lowest BCUT2D eigenvalue weighted by atomic mass is 9.83. The van der Waals surface area contributed by atoms with E-state index in [1.54, 1.807) is 24.3 Å². The number of anilines is 1. The lowest BCUT2D eigenvalue weighted by molar-refractivity contribution is -0.118. The first-order valence-electron chi connectivity index (χ1n) is 8.34. The van der Waals surface area contributed by atoms with Crippen molar-refractivity contribution in [2.45, 2.75) is 12.3 Å². The summed E-state index contributed by atoms with van der Waals surface area (Å²) in [5.74, 6) is -1.32. The van der Waals surface area contributed by atoms with Gasteiger partial charge < -0.3 is 10.4 Å². The van der Waals surface area contributed by atoms with Gasteiger partial charge in [0.05, 0.1) is 16.9 Å². The van der Waals surface area contributed by atoms with Gasteiger partial charge in [0.2, 0.25) is 11.8 Å². The van der Waals surface area contributed by atoms with Gasteiger partial charge in [-0.1, -0.05) is 42.1 Å². The molecule has 2 amide bonds. The Hall–Kier alpha value is -3.11. The van der Waals surface area contributed by atoms with E-state index in [1.165, 1.54) is 12.1 Å². The monoisotopic (exact) mass is 379 g/mol. The first kappa shape index (κ1) is 18.7. The number of phenolic OH excluding ortho intramolecular Hbond substituents is 1. The number of nitriles is 1. The molecule has 0 spiro atoms. The van der Waals surface area contributed by atoms with Crippen molar-refractivity contribution in [1.82, 2.24) is 0 Å². The largest absolute Gasteiger partial charge is 0.508 e. The normalized spacial score (nSPS) is 19.1. The molecule has 2 N–H and O–H groups in total. The van der Waals surface area contributed by atoms with Crippen LogP contribution in [-0.4, -0.2) is 27.7 Å². The number of nitrogens with zero attached hydrogens (tertiary/aromatic N) is 2. The van der Waals surface area contributed by atoms with E-state index in [9.17, 15) is 20.0 Å². The van der Waals surface area contributed by atoms with Crippen LogP contribution in [0.4, 0.5) is 5.69 Å². The van der Waals surface area contributed by atoms with Crippen LogP contribution in [0.15, 0.2) is 59.6 Å². The van der Waals surface area contributed by atoms with E-state index in [4.69, 9.17) is 0 Å². The van der Waals surface area contributed by atoms with Gasteiger partial charge in [-0.3, -0.25) is 9.59 Å². The molecule has 27 heavy (non-hydrogen) atoms. The highest BCUT2D eigenvalue weighted by atomic mass is 32.2. The summed E-state index contributed by atoms with van der Waals surface area (Å²) in [7, 11) is 0. The van der Waals surface area contributed by atoms with Crippen LogP contribution < -0.4 is 5.32 Å². The van der Waals surface area contributed by atoms with Crippen LogP contribution in [0, 0.1) is 17.2 Å². The van der Waals surface area contributed by atoms with Crippen molar-refractivity contribution in [2.75, 3.05) is 11.1 Å². The second-order valence-electron chi connectivity index (χ2n) is 6.06. The Labute approximate surface area is 160 Å². The van der Waals surface area contributed by atoms with E-state index >= 15 is 0 Å². The smallest absolute Gasteiger partial charge is 0.247 e. The quantitative estimate of drug-likeness (QED) is 0.848. The fraction of sp³-hybridized carbons (Fsp3) is 0.200. The number of hydrogen-bond donors (Lipinski definition) is 2. The molecule has 6 nitrogen and oxygen atoms in total. The number of para-hydroxylation sites is 1. The standard InChI is InChI=1S/C20H17N3O3S/c21-11-17-16(13-6-8-15(24)9-7-13)10-18(25)23-20(17)27-12-19(26)22-14-4-2-1-3-5-14/h1-9,16-17,24H,10,12H2,(H,22,26). The summed E-state index contributed by atoms with van der Waals surface area (Å²) in [6.07, 6.45) is 0.128. The molecule has 0 aromatic heterocycles. The number of hydrogen-bond acceptors (Lipinski definition) is 5. The third-order valence-electron chi connectivity index (χ3n) is 4.17. The minimum atomic E-state index is -0.609. The Kier molecular flexibility index (Phi) is 5.89. The Bertz CT molecular complexity index is 904. The minimum Gasteiger partial charge on any atom is -0.508 e. The van der Waals surface area contributed by atoms with Gasteiger partial charge in [-0.05, 0) is 29.8 Å². The van der Waals surface area contributed by atoms with Crippen molar-refractivity contribution in [1.29, 1.82) is 5.26 Å². The van der Waals surface area contributed by atoms with Gasteiger partial charge in [0.1, 0.15) is 11.7 Å². The molecule has 1 heterocycles. The molecular formula is C20H17N3O3S. The van der Waals surface area contributed by atoms with Crippen molar-refractivity contribution in [3.63, 3.8) is 0 Å². The number of aromatic hydroxyl groups is 1. The van der Waals surface area contributed by atoms with Crippen LogP contribution in [0.25, 0.3) is 0 Å². The SMILES string of the molecule is N#CC1C(SCC(=O)Nc2ccccc2)=NC(=O)CC1c1ccc(O)cc1. The minimum absolute atomic E-state index is 0.0570. The second kappa shape index (κ2) is 8.52. The van der Waals surface area contributed by atoms with Crippen molar-refractivity contribution < 1.29 is 14.7 Å². The lowest BCUT2D eigenvalue weighted by Crippen LogP contribution is -2.28. The highest BCUT2D eigenvalue weighted by Gasteiger charge is 2.34. The zero-order chi connectivity index (χ0) is 19.2. The van der Waals surface area contributed by atoms with Gasteiger partial charge in [-0.2, -0.15) is 5.26 Å². The topological polar surface area (TPSA) is 103 Å². The summed E-state index contributed by atoms with van der Waals surface area (Å²) in [5, 5.41) is 22.2. The van der Waals surface area contributed by atoms with E-state index in [0.717, 1.165) is 17.3 Å². The fourth-order valence-electron chi connectivity index (χ4n) is 2.87. The maximum absolute atomic E-state index is 12.1. The van der Waals surface area contributed by atoms with Crippen molar-refractivity contribution in [2.24, 2.45) is 10.9 Å². The Morgan fingerprint density at radius 1 is 1.22 bits per heavy atom. The van der Waals surface area contributed by atoms with Gasteiger partial charge >= 0.3 is 0 Å². The maximum Gasteiger partial charge on any atom is 0.247 e. The first-order chi connectivity index (χ1) is 13.1. The lowest BCUT2D eigenvalue weighted by Gasteiger charge is -2.26. The summed E-state index contributed by atoms with van der Waals surface area (Å²) in [6, 6.07) is 17.7. The number of aliphatic imine (C=N–C) groups is 1. The molecule has 3 rings (SSSR count). The number of benzene rings is 2. The zero-order valence-corrected chi connectivity index (χ0v) is 15.1. The van der Waals surface area contributed by atoms with Gasteiger partial charge in [0.25, 0.3) is 0 Å². The molecule has 2 unspecified atom stereocenters. The number of carbonyl (C=O) groups excluding carboxylic acids is 2. The molecule has 0 saturated heterocycles. The number of amides is 2. The third kappa shape index (κ3) is 4.74. The summed E-state index contributed by atoms with van der Waals surface area (Å²) >= 11 is 1.11. The molecule has 2 atom stereocenters. The molecule has 1 aliphatic heterocycles. The molecule has 0 aliphatic carbocycles. The van der Waals surface area contributed by atoms with E-state index in [0.29, 0.717) is 10.7 Å². The number of nitrogens with one attached hydrogen (secondary N) is 1. The van der Waals surface area contributed by atoms with Crippen molar-refractivity contribution >= 4 is 34.3 Å². The Balaban J connectivity index is 1.70. The third-order valence-corrected chi connectivity index (χ3v) is 5.21. The van der Waals surface area contributed by atoms with Crippen molar-refractivity contribution in [3.8, 4) is 11.8 Å². The molecule has 0 bridgehead atoms. The van der Waals surface area contributed by atoms with E-state index in [1.807, 2.05) is 18.2 Å². The predicted octanol–water partition coefficient (Wildman–Crippen LogP) is 3.32. The Morgan fingerprint density at radius 3 is 2.59 bits per heavy atom. The summed E-state index contributed by atoms with van der Waals surface area (Å²) < 4.78 is 0. The molecule has 136 valence electrons. The average molecular weight is 379 g/mol. The summed E-state index contributed by atoms with van der Waals surface area (Å²) in [5.41, 5.74) is 1.47. The summed E-state index contributed by atoms with van der Waals surface area (Å²) in [6.45, 7) is 0. The molecule has 0 saturated carbocycles. The number of rotatable bonds is 4. The predicted molar refractivity (Wildman–Crippen MR) is 105 cm³/mol. The Morgan fingerprint density at radius 2 is 1.93 bits per heavy atom. The second-order valence-corrected chi connectivity index (χ2v) is 7.05. The number of thioether (sulfide) groups is 1. The molecule has 0 fully saturated rings. The van der Waals surface area contributed by atoms with Crippen LogP contribution in [-0.2, 0) is 9.59 Å². The van der Waals surface area contributed by atoms with Gasteiger partial charge in [-0.25, -0.2) is 4.99 Å². The molecule has 7 heteroatoms. The van der Waals surface area contributed by atoms with E-state index < -0.39 is 5.92 Å². The molecule has 1 aliphatic rings. The maximum atomic E-state index is 12.1. The summed E-state index contributed by atoms with van der Waals surface area (Å²) in [4.78, 5) is 28.2.